The highest BCUT2D eigenvalue weighted by Gasteiger charge is 2.28. The van der Waals surface area contributed by atoms with Gasteiger partial charge in [0.15, 0.2) is 0 Å². The molecule has 2 unspecified atom stereocenters. The fourth-order valence-corrected chi connectivity index (χ4v) is 1.73. The summed E-state index contributed by atoms with van der Waals surface area (Å²) in [5.41, 5.74) is 0. The lowest BCUT2D eigenvalue weighted by molar-refractivity contribution is -0.134. The van der Waals surface area contributed by atoms with Gasteiger partial charge in [-0.1, -0.05) is 6.92 Å². The van der Waals surface area contributed by atoms with Crippen molar-refractivity contribution in [2.75, 3.05) is 40.0 Å². The van der Waals surface area contributed by atoms with Crippen LogP contribution >= 0.6 is 0 Å². The van der Waals surface area contributed by atoms with Crippen LogP contribution < -0.4 is 5.32 Å². The van der Waals surface area contributed by atoms with Crippen LogP contribution in [0.5, 0.6) is 0 Å². The Bertz CT molecular complexity index is 211. The molecule has 5 heteroatoms. The summed E-state index contributed by atoms with van der Waals surface area (Å²) in [5.74, 6) is 0.376. The van der Waals surface area contributed by atoms with E-state index in [1.54, 1.807) is 12.0 Å². The average molecular weight is 216 g/mol. The van der Waals surface area contributed by atoms with Crippen LogP contribution in [0, 0.1) is 5.92 Å². The first-order valence-corrected chi connectivity index (χ1v) is 5.31. The van der Waals surface area contributed by atoms with Gasteiger partial charge in [-0.05, 0) is 5.92 Å². The minimum Gasteiger partial charge on any atom is -0.394 e. The Labute approximate surface area is 90.4 Å². The molecule has 15 heavy (non-hydrogen) atoms. The van der Waals surface area contributed by atoms with Gasteiger partial charge < -0.3 is 20.1 Å². The Morgan fingerprint density at radius 1 is 1.67 bits per heavy atom. The van der Waals surface area contributed by atoms with Crippen molar-refractivity contribution in [3.63, 3.8) is 0 Å². The molecule has 88 valence electrons. The van der Waals surface area contributed by atoms with Gasteiger partial charge in [-0.25, -0.2) is 0 Å². The number of aliphatic hydroxyl groups excluding tert-OH is 1. The number of hydrogen-bond donors (Lipinski definition) is 2. The number of aliphatic hydroxyl groups is 1. The van der Waals surface area contributed by atoms with Crippen molar-refractivity contribution in [3.8, 4) is 0 Å². The van der Waals surface area contributed by atoms with E-state index in [2.05, 4.69) is 12.2 Å². The molecule has 0 aromatic heterocycles. The third-order valence-electron chi connectivity index (χ3n) is 2.60. The number of rotatable bonds is 4. The SMILES string of the molecule is COCCN1CC(C)CNC(CO)C1=O. The molecule has 2 N–H and O–H groups in total. The van der Waals surface area contributed by atoms with E-state index in [-0.39, 0.29) is 12.5 Å². The van der Waals surface area contributed by atoms with E-state index in [1.165, 1.54) is 0 Å². The molecule has 0 spiro atoms. The Balaban J connectivity index is 2.59. The number of carbonyl (C=O) groups excluding carboxylic acids is 1. The number of nitrogens with one attached hydrogen (secondary N) is 1. The van der Waals surface area contributed by atoms with Crippen molar-refractivity contribution >= 4 is 5.91 Å². The normalized spacial score (nSPS) is 27.9. The largest absolute Gasteiger partial charge is 0.394 e. The van der Waals surface area contributed by atoms with Crippen LogP contribution in [-0.4, -0.2) is 61.9 Å². The molecule has 0 radical (unpaired) electrons. The topological polar surface area (TPSA) is 61.8 Å². The zero-order chi connectivity index (χ0) is 11.3. The summed E-state index contributed by atoms with van der Waals surface area (Å²) in [5, 5.41) is 12.1. The van der Waals surface area contributed by atoms with Crippen LogP contribution in [0.2, 0.25) is 0 Å². The van der Waals surface area contributed by atoms with Gasteiger partial charge in [0.25, 0.3) is 0 Å². The lowest BCUT2D eigenvalue weighted by Gasteiger charge is -2.24. The smallest absolute Gasteiger partial charge is 0.242 e. The lowest BCUT2D eigenvalue weighted by atomic mass is 10.2. The van der Waals surface area contributed by atoms with E-state index >= 15 is 0 Å². The molecule has 1 rings (SSSR count). The van der Waals surface area contributed by atoms with Crippen molar-refractivity contribution < 1.29 is 14.6 Å². The van der Waals surface area contributed by atoms with Crippen molar-refractivity contribution in [3.05, 3.63) is 0 Å². The second-order valence-electron chi connectivity index (χ2n) is 4.03. The van der Waals surface area contributed by atoms with Gasteiger partial charge in [-0.15, -0.1) is 0 Å². The molecule has 0 saturated carbocycles. The number of nitrogens with zero attached hydrogens (tertiary/aromatic N) is 1. The van der Waals surface area contributed by atoms with E-state index in [4.69, 9.17) is 9.84 Å². The number of hydrogen-bond acceptors (Lipinski definition) is 4. The molecule has 1 aliphatic rings. The fourth-order valence-electron chi connectivity index (χ4n) is 1.73. The molecule has 1 aliphatic heterocycles. The standard InChI is InChI=1S/C10H20N2O3/c1-8-5-11-9(7-13)10(14)12(6-8)3-4-15-2/h8-9,11,13H,3-7H2,1-2H3. The maximum absolute atomic E-state index is 11.9. The minimum atomic E-state index is -0.452. The summed E-state index contributed by atoms with van der Waals surface area (Å²) in [6.07, 6.45) is 0. The van der Waals surface area contributed by atoms with Crippen LogP contribution in [0.3, 0.4) is 0 Å². The van der Waals surface area contributed by atoms with Crippen LogP contribution in [0.15, 0.2) is 0 Å². The third kappa shape index (κ3) is 3.44. The van der Waals surface area contributed by atoms with E-state index < -0.39 is 6.04 Å². The Morgan fingerprint density at radius 3 is 3.00 bits per heavy atom. The molecule has 1 fully saturated rings. The molecular weight excluding hydrogens is 196 g/mol. The third-order valence-corrected chi connectivity index (χ3v) is 2.60. The second-order valence-corrected chi connectivity index (χ2v) is 4.03. The monoisotopic (exact) mass is 216 g/mol. The molecule has 1 amide bonds. The van der Waals surface area contributed by atoms with Crippen molar-refractivity contribution in [1.29, 1.82) is 0 Å². The molecule has 0 aromatic rings. The van der Waals surface area contributed by atoms with Gasteiger partial charge in [0.05, 0.1) is 13.2 Å². The van der Waals surface area contributed by atoms with Crippen LogP contribution in [0.1, 0.15) is 6.92 Å². The zero-order valence-electron chi connectivity index (χ0n) is 9.40. The minimum absolute atomic E-state index is 0.0288. The zero-order valence-corrected chi connectivity index (χ0v) is 9.40. The summed E-state index contributed by atoms with van der Waals surface area (Å²) in [6.45, 7) is 4.56. The molecule has 1 heterocycles. The lowest BCUT2D eigenvalue weighted by Crippen LogP contribution is -2.46. The molecule has 5 nitrogen and oxygen atoms in total. The van der Waals surface area contributed by atoms with E-state index in [9.17, 15) is 4.79 Å². The van der Waals surface area contributed by atoms with E-state index in [0.29, 0.717) is 19.1 Å². The highest BCUT2D eigenvalue weighted by atomic mass is 16.5. The maximum atomic E-state index is 11.9. The van der Waals surface area contributed by atoms with Gasteiger partial charge >= 0.3 is 0 Å². The van der Waals surface area contributed by atoms with Crippen molar-refractivity contribution in [1.82, 2.24) is 10.2 Å². The van der Waals surface area contributed by atoms with Gasteiger partial charge in [-0.3, -0.25) is 4.79 Å². The number of ether oxygens (including phenoxy) is 1. The van der Waals surface area contributed by atoms with Gasteiger partial charge in [-0.2, -0.15) is 0 Å². The molecular formula is C10H20N2O3. The summed E-state index contributed by atoms with van der Waals surface area (Å²) < 4.78 is 4.96. The van der Waals surface area contributed by atoms with Gasteiger partial charge in [0.1, 0.15) is 6.04 Å². The highest BCUT2D eigenvalue weighted by Crippen LogP contribution is 2.07. The maximum Gasteiger partial charge on any atom is 0.242 e. The molecule has 2 atom stereocenters. The van der Waals surface area contributed by atoms with Crippen molar-refractivity contribution in [2.24, 2.45) is 5.92 Å². The molecule has 0 aliphatic carbocycles. The predicted octanol–water partition coefficient (Wildman–Crippen LogP) is -0.938. The van der Waals surface area contributed by atoms with Crippen LogP contribution in [0.4, 0.5) is 0 Å². The molecule has 0 aromatic carbocycles. The van der Waals surface area contributed by atoms with E-state index in [0.717, 1.165) is 13.1 Å². The van der Waals surface area contributed by atoms with E-state index in [1.807, 2.05) is 0 Å². The summed E-state index contributed by atoms with van der Waals surface area (Å²) in [6, 6.07) is -0.452. The Kier molecular flexibility index (Phi) is 5.01. The number of methoxy groups -OCH3 is 1. The molecule has 0 bridgehead atoms. The fraction of sp³-hybridized carbons (Fsp3) is 0.900. The van der Waals surface area contributed by atoms with Crippen molar-refractivity contribution in [2.45, 2.75) is 13.0 Å². The Hall–Kier alpha value is -0.650. The van der Waals surface area contributed by atoms with Crippen LogP contribution in [0.25, 0.3) is 0 Å². The summed E-state index contributed by atoms with van der Waals surface area (Å²) >= 11 is 0. The summed E-state index contributed by atoms with van der Waals surface area (Å²) in [4.78, 5) is 13.6. The Morgan fingerprint density at radius 2 is 2.40 bits per heavy atom. The highest BCUT2D eigenvalue weighted by molar-refractivity contribution is 5.82. The van der Waals surface area contributed by atoms with Gasteiger partial charge in [0, 0.05) is 26.7 Å². The second kappa shape index (κ2) is 6.05. The predicted molar refractivity (Wildman–Crippen MR) is 56.5 cm³/mol. The average Bonchev–Trinajstić information content (AvgIpc) is 2.36. The first-order chi connectivity index (χ1) is 7.19. The summed E-state index contributed by atoms with van der Waals surface area (Å²) in [7, 11) is 1.62. The molecule has 1 saturated heterocycles. The quantitative estimate of drug-likeness (QED) is 0.637. The number of carbonyl (C=O) groups is 1. The van der Waals surface area contributed by atoms with Crippen LogP contribution in [-0.2, 0) is 9.53 Å². The van der Waals surface area contributed by atoms with Gasteiger partial charge in [0.2, 0.25) is 5.91 Å². The first-order valence-electron chi connectivity index (χ1n) is 5.31. The first kappa shape index (κ1) is 12.4. The number of amides is 1.